The van der Waals surface area contributed by atoms with Gasteiger partial charge in [-0.2, -0.15) is 5.26 Å². The summed E-state index contributed by atoms with van der Waals surface area (Å²) in [7, 11) is 0. The van der Waals surface area contributed by atoms with Crippen LogP contribution in [0.3, 0.4) is 0 Å². The first-order chi connectivity index (χ1) is 13.7. The van der Waals surface area contributed by atoms with E-state index in [-0.39, 0.29) is 5.97 Å². The predicted octanol–water partition coefficient (Wildman–Crippen LogP) is 5.35. The lowest BCUT2D eigenvalue weighted by molar-refractivity contribution is 0.0505. The van der Waals surface area contributed by atoms with Crippen LogP contribution >= 0.6 is 11.3 Å². The number of nitrogens with one attached hydrogen (secondary N) is 1. The zero-order chi connectivity index (χ0) is 19.8. The maximum Gasteiger partial charge on any atom is 0.338 e. The van der Waals surface area contributed by atoms with E-state index in [9.17, 15) is 10.1 Å². The van der Waals surface area contributed by atoms with Gasteiger partial charge < -0.3 is 10.1 Å². The fraction of sp³-hybridized carbons (Fsp3) is 0.136. The van der Waals surface area contributed by atoms with E-state index in [1.54, 1.807) is 30.5 Å². The molecule has 1 heterocycles. The van der Waals surface area contributed by atoms with Crippen molar-refractivity contribution in [1.82, 2.24) is 4.98 Å². The number of nitrogens with zero attached hydrogens (tertiary/aromatic N) is 2. The molecule has 6 heteroatoms. The molecule has 0 aliphatic carbocycles. The summed E-state index contributed by atoms with van der Waals surface area (Å²) in [6.07, 6.45) is 2.41. The Morgan fingerprint density at radius 1 is 1.21 bits per heavy atom. The quantitative estimate of drug-likeness (QED) is 0.435. The third-order valence-corrected chi connectivity index (χ3v) is 4.74. The highest BCUT2D eigenvalue weighted by Gasteiger charge is 2.09. The maximum atomic E-state index is 11.8. The Morgan fingerprint density at radius 3 is 2.64 bits per heavy atom. The third-order valence-electron chi connectivity index (χ3n) is 3.87. The number of thiazole rings is 1. The van der Waals surface area contributed by atoms with Crippen LogP contribution in [0, 0.1) is 11.3 Å². The summed E-state index contributed by atoms with van der Waals surface area (Å²) in [4.78, 5) is 16.4. The molecule has 28 heavy (non-hydrogen) atoms. The van der Waals surface area contributed by atoms with Crippen LogP contribution in [-0.2, 0) is 4.74 Å². The Labute approximate surface area is 167 Å². The minimum atomic E-state index is -0.335. The van der Waals surface area contributed by atoms with Gasteiger partial charge in [0, 0.05) is 22.8 Å². The maximum absolute atomic E-state index is 11.8. The van der Waals surface area contributed by atoms with Gasteiger partial charge in [0.2, 0.25) is 0 Å². The summed E-state index contributed by atoms with van der Waals surface area (Å²) in [6, 6.07) is 18.9. The van der Waals surface area contributed by atoms with Crippen molar-refractivity contribution in [2.45, 2.75) is 13.3 Å². The lowest BCUT2D eigenvalue weighted by Crippen LogP contribution is -2.05. The predicted molar refractivity (Wildman–Crippen MR) is 112 cm³/mol. The Balaban J connectivity index is 1.70. The Bertz CT molecular complexity index is 1000. The second kappa shape index (κ2) is 9.49. The lowest BCUT2D eigenvalue weighted by Gasteiger charge is -2.05. The van der Waals surface area contributed by atoms with Crippen LogP contribution < -0.4 is 5.32 Å². The summed E-state index contributed by atoms with van der Waals surface area (Å²) in [6.45, 7) is 2.36. The normalized spacial score (nSPS) is 10.9. The monoisotopic (exact) mass is 389 g/mol. The van der Waals surface area contributed by atoms with Crippen LogP contribution in [0.5, 0.6) is 0 Å². The van der Waals surface area contributed by atoms with Crippen molar-refractivity contribution in [3.8, 4) is 17.3 Å². The molecule has 0 atom stereocenters. The molecule has 3 rings (SSSR count). The van der Waals surface area contributed by atoms with Gasteiger partial charge in [0.1, 0.15) is 16.6 Å². The Morgan fingerprint density at radius 2 is 1.96 bits per heavy atom. The summed E-state index contributed by atoms with van der Waals surface area (Å²) >= 11 is 1.42. The largest absolute Gasteiger partial charge is 0.462 e. The van der Waals surface area contributed by atoms with Crippen LogP contribution in [0.25, 0.3) is 16.8 Å². The molecule has 0 aliphatic rings. The minimum Gasteiger partial charge on any atom is -0.462 e. The SMILES string of the molecule is CCCOC(=O)c1ccc(NC=C(C#N)c2nc(-c3ccccc3)cs2)cc1. The molecule has 0 bridgehead atoms. The number of carbonyl (C=O) groups excluding carboxylic acids is 1. The van der Waals surface area contributed by atoms with Crippen molar-refractivity contribution in [3.05, 3.63) is 76.7 Å². The molecular formula is C22H19N3O2S. The highest BCUT2D eigenvalue weighted by atomic mass is 32.1. The van der Waals surface area contributed by atoms with Gasteiger partial charge in [-0.3, -0.25) is 0 Å². The second-order valence-corrected chi connectivity index (χ2v) is 6.79. The minimum absolute atomic E-state index is 0.335. The van der Waals surface area contributed by atoms with Crippen LogP contribution in [0.15, 0.2) is 66.2 Å². The van der Waals surface area contributed by atoms with Gasteiger partial charge in [-0.1, -0.05) is 37.3 Å². The first-order valence-corrected chi connectivity index (χ1v) is 9.74. The smallest absolute Gasteiger partial charge is 0.338 e. The van der Waals surface area contributed by atoms with Crippen molar-refractivity contribution in [2.24, 2.45) is 0 Å². The molecule has 3 aromatic rings. The summed E-state index contributed by atoms with van der Waals surface area (Å²) < 4.78 is 5.11. The highest BCUT2D eigenvalue weighted by molar-refractivity contribution is 7.11. The summed E-state index contributed by atoms with van der Waals surface area (Å²) in [5, 5.41) is 15.2. The highest BCUT2D eigenvalue weighted by Crippen LogP contribution is 2.26. The standard InChI is InChI=1S/C22H19N3O2S/c1-2-12-27-22(26)17-8-10-19(11-9-17)24-14-18(13-23)21-25-20(15-28-21)16-6-4-3-5-7-16/h3-11,14-15,24H,2,12H2,1H3. The number of allylic oxidation sites excluding steroid dienone is 1. The van der Waals surface area contributed by atoms with E-state index in [1.165, 1.54) is 11.3 Å². The van der Waals surface area contributed by atoms with Gasteiger partial charge in [0.05, 0.1) is 17.9 Å². The number of hydrogen-bond donors (Lipinski definition) is 1. The van der Waals surface area contributed by atoms with Crippen molar-refractivity contribution in [3.63, 3.8) is 0 Å². The van der Waals surface area contributed by atoms with Crippen molar-refractivity contribution < 1.29 is 9.53 Å². The fourth-order valence-electron chi connectivity index (χ4n) is 2.42. The van der Waals surface area contributed by atoms with E-state index >= 15 is 0 Å². The van der Waals surface area contributed by atoms with Gasteiger partial charge >= 0.3 is 5.97 Å². The second-order valence-electron chi connectivity index (χ2n) is 5.93. The number of benzene rings is 2. The number of ether oxygens (including phenoxy) is 1. The first kappa shape index (κ1) is 19.3. The van der Waals surface area contributed by atoms with E-state index in [2.05, 4.69) is 16.4 Å². The third kappa shape index (κ3) is 4.84. The summed E-state index contributed by atoms with van der Waals surface area (Å²) in [5.74, 6) is -0.335. The molecule has 0 aliphatic heterocycles. The number of anilines is 1. The van der Waals surface area contributed by atoms with Crippen LogP contribution in [0.1, 0.15) is 28.7 Å². The van der Waals surface area contributed by atoms with E-state index < -0.39 is 0 Å². The zero-order valence-corrected chi connectivity index (χ0v) is 16.2. The number of hydrogen-bond acceptors (Lipinski definition) is 6. The molecule has 5 nitrogen and oxygen atoms in total. The number of nitriles is 1. The van der Waals surface area contributed by atoms with Crippen LogP contribution in [0.4, 0.5) is 5.69 Å². The lowest BCUT2D eigenvalue weighted by atomic mass is 10.2. The molecule has 0 spiro atoms. The Kier molecular flexibility index (Phi) is 6.55. The fourth-order valence-corrected chi connectivity index (χ4v) is 3.21. The number of rotatable bonds is 7. The van der Waals surface area contributed by atoms with E-state index in [1.807, 2.05) is 42.6 Å². The molecule has 0 amide bonds. The van der Waals surface area contributed by atoms with Gasteiger partial charge in [-0.25, -0.2) is 9.78 Å². The average Bonchev–Trinajstić information content (AvgIpc) is 3.23. The van der Waals surface area contributed by atoms with Gasteiger partial charge in [0.15, 0.2) is 0 Å². The number of esters is 1. The Hall–Kier alpha value is -3.43. The molecule has 0 fully saturated rings. The molecular weight excluding hydrogens is 370 g/mol. The van der Waals surface area contributed by atoms with Crippen molar-refractivity contribution >= 4 is 28.6 Å². The van der Waals surface area contributed by atoms with E-state index in [0.29, 0.717) is 22.8 Å². The summed E-state index contributed by atoms with van der Waals surface area (Å²) in [5.41, 5.74) is 3.56. The van der Waals surface area contributed by atoms with Gasteiger partial charge in [-0.15, -0.1) is 11.3 Å². The molecule has 1 aromatic heterocycles. The van der Waals surface area contributed by atoms with E-state index in [4.69, 9.17) is 4.74 Å². The molecule has 0 saturated carbocycles. The zero-order valence-electron chi connectivity index (χ0n) is 15.4. The molecule has 140 valence electrons. The average molecular weight is 389 g/mol. The van der Waals surface area contributed by atoms with E-state index in [0.717, 1.165) is 23.4 Å². The molecule has 0 unspecified atom stereocenters. The molecule has 2 aromatic carbocycles. The molecule has 0 saturated heterocycles. The number of aromatic nitrogens is 1. The molecule has 0 radical (unpaired) electrons. The van der Waals surface area contributed by atoms with Gasteiger partial charge in [-0.05, 0) is 30.7 Å². The van der Waals surface area contributed by atoms with Crippen LogP contribution in [-0.4, -0.2) is 17.6 Å². The topological polar surface area (TPSA) is 75.0 Å². The molecule has 1 N–H and O–H groups in total. The van der Waals surface area contributed by atoms with Gasteiger partial charge in [0.25, 0.3) is 0 Å². The van der Waals surface area contributed by atoms with Crippen molar-refractivity contribution in [2.75, 3.05) is 11.9 Å². The van der Waals surface area contributed by atoms with Crippen LogP contribution in [0.2, 0.25) is 0 Å². The van der Waals surface area contributed by atoms with Crippen molar-refractivity contribution in [1.29, 1.82) is 5.26 Å². The first-order valence-electron chi connectivity index (χ1n) is 8.86. The number of carbonyl (C=O) groups is 1.